The molecule has 19 nitrogen and oxygen atoms in total. The summed E-state index contributed by atoms with van der Waals surface area (Å²) in [4.78, 5) is 58.7. The number of aliphatic hydroxyl groups is 1. The summed E-state index contributed by atoms with van der Waals surface area (Å²) in [5, 5.41) is 17.4. The molecule has 0 fully saturated rings. The van der Waals surface area contributed by atoms with Gasteiger partial charge < -0.3 is 32.3 Å². The Morgan fingerprint density at radius 1 is 0.684 bits per heavy atom. The Morgan fingerprint density at radius 2 is 1.14 bits per heavy atom. The third-order valence-corrected chi connectivity index (χ3v) is 9.14. The average Bonchev–Trinajstić information content (AvgIpc) is 3.98. The molecule has 0 unspecified atom stereocenters. The van der Waals surface area contributed by atoms with Crippen molar-refractivity contribution in [3.63, 3.8) is 0 Å². The number of nitrogens with two attached hydrogens (primary N) is 3. The van der Waals surface area contributed by atoms with Crippen molar-refractivity contribution in [2.45, 2.75) is 46.4 Å². The van der Waals surface area contributed by atoms with Crippen molar-refractivity contribution in [1.82, 2.24) is 58.6 Å². The highest BCUT2D eigenvalue weighted by molar-refractivity contribution is 5.82. The van der Waals surface area contributed by atoms with E-state index in [-0.39, 0.29) is 42.0 Å². The quantitative estimate of drug-likeness (QED) is 0.103. The molecule has 0 amide bonds. The average molecular weight is 772 g/mol. The number of hydrogen-bond donors (Lipinski definition) is 6. The zero-order valence-electron chi connectivity index (χ0n) is 31.3. The van der Waals surface area contributed by atoms with Crippen molar-refractivity contribution in [3.05, 3.63) is 117 Å². The fourth-order valence-corrected chi connectivity index (χ4v) is 6.35. The van der Waals surface area contributed by atoms with Crippen LogP contribution in [0.25, 0.3) is 44.6 Å². The molecule has 0 atom stereocenters. The van der Waals surface area contributed by atoms with Crippen molar-refractivity contribution in [3.8, 4) is 22.3 Å². The molecular weight excluding hydrogens is 731 g/mol. The summed E-state index contributed by atoms with van der Waals surface area (Å²) in [6.07, 6.45) is 7.54. The van der Waals surface area contributed by atoms with E-state index in [9.17, 15) is 14.4 Å². The zero-order valence-corrected chi connectivity index (χ0v) is 31.3. The molecule has 6 heterocycles. The van der Waals surface area contributed by atoms with Crippen LogP contribution in [0.1, 0.15) is 29.2 Å². The van der Waals surface area contributed by atoms with Crippen LogP contribution in [0.2, 0.25) is 0 Å². The second-order valence-electron chi connectivity index (χ2n) is 13.4. The first-order chi connectivity index (χ1) is 27.5. The van der Waals surface area contributed by atoms with E-state index in [1.165, 1.54) is 4.57 Å². The number of imidazole rings is 2. The van der Waals surface area contributed by atoms with Crippen LogP contribution in [0.4, 0.5) is 11.6 Å². The second kappa shape index (κ2) is 16.2. The molecule has 0 bridgehead atoms. The van der Waals surface area contributed by atoms with Gasteiger partial charge in [0.2, 0.25) is 0 Å². The van der Waals surface area contributed by atoms with E-state index in [1.807, 2.05) is 60.9 Å². The number of Topliss-reactive ketones (excluding diaryl/α,β-unsaturated/α-hetero) is 1. The Kier molecular flexibility index (Phi) is 10.8. The molecule has 292 valence electrons. The van der Waals surface area contributed by atoms with E-state index < -0.39 is 0 Å². The monoisotopic (exact) mass is 771 g/mol. The van der Waals surface area contributed by atoms with Gasteiger partial charge >= 0.3 is 11.4 Å². The lowest BCUT2D eigenvalue weighted by Crippen LogP contribution is -2.17. The van der Waals surface area contributed by atoms with Gasteiger partial charge in [-0.25, -0.2) is 29.5 Å². The largest absolute Gasteiger partial charge is 0.394 e. The lowest BCUT2D eigenvalue weighted by atomic mass is 10.1. The minimum atomic E-state index is -0.288. The lowest BCUT2D eigenvalue weighted by molar-refractivity contribution is -0.119. The van der Waals surface area contributed by atoms with Crippen LogP contribution in [0.5, 0.6) is 0 Å². The van der Waals surface area contributed by atoms with Gasteiger partial charge in [0.05, 0.1) is 45.2 Å². The van der Waals surface area contributed by atoms with Crippen LogP contribution in [-0.2, 0) is 31.0 Å². The van der Waals surface area contributed by atoms with Crippen molar-refractivity contribution in [2.24, 2.45) is 5.73 Å². The molecule has 0 spiro atoms. The molecule has 8 aromatic rings. The topological polar surface area (TPSA) is 278 Å². The number of hydrogen-bond acceptors (Lipinski definition) is 13. The van der Waals surface area contributed by atoms with Gasteiger partial charge in [0.1, 0.15) is 22.7 Å². The van der Waals surface area contributed by atoms with Crippen LogP contribution >= 0.6 is 0 Å². The van der Waals surface area contributed by atoms with E-state index in [2.05, 4.69) is 40.1 Å². The summed E-state index contributed by atoms with van der Waals surface area (Å²) in [7, 11) is 0. The highest BCUT2D eigenvalue weighted by Crippen LogP contribution is 2.22. The van der Waals surface area contributed by atoms with Crippen molar-refractivity contribution in [2.75, 3.05) is 24.6 Å². The smallest absolute Gasteiger partial charge is 0.328 e. The summed E-state index contributed by atoms with van der Waals surface area (Å²) < 4.78 is 6.39. The van der Waals surface area contributed by atoms with E-state index >= 15 is 0 Å². The maximum Gasteiger partial charge on any atom is 0.328 e. The molecule has 6 aromatic heterocycles. The Morgan fingerprint density at radius 3 is 1.60 bits per heavy atom. The van der Waals surface area contributed by atoms with Crippen LogP contribution in [0.15, 0.2) is 82.9 Å². The molecule has 0 saturated heterocycles. The summed E-state index contributed by atoms with van der Waals surface area (Å²) in [6, 6.07) is 15.7. The minimum Gasteiger partial charge on any atom is -0.394 e. The minimum absolute atomic E-state index is 0.0475. The second-order valence-corrected chi connectivity index (χ2v) is 13.4. The van der Waals surface area contributed by atoms with Gasteiger partial charge in [0.15, 0.2) is 28.7 Å². The van der Waals surface area contributed by atoms with Crippen LogP contribution < -0.4 is 28.6 Å². The van der Waals surface area contributed by atoms with Gasteiger partial charge in [0, 0.05) is 29.9 Å². The summed E-state index contributed by atoms with van der Waals surface area (Å²) in [5.41, 5.74) is 24.2. The Balaban J connectivity index is 0.000000175. The summed E-state index contributed by atoms with van der Waals surface area (Å²) in [5.74, 6) is 1.59. The molecule has 0 aliphatic rings. The standard InChI is InChI=1S/C20H22N8O2.C18H19N7O2/c1-12-24-18(22)17-19(25-12)28(20(30)26-17)9-13-2-4-14(5-3-13)15-8-23-27(10-15)11-16(29)6-7-21;1-11-21-16(19)15-17(22-11)25(18(27)23-15)9-12-2-4-13(5-3-12)14-8-20-24(10-14)6-7-26/h2-5,8,10H,6-7,9,11,21H2,1H3,(H,26,30)(H2,22,24,25);2-5,8,10,26H,6-7,9H2,1H3,(H,23,27)(H2,19,21,22). The number of ketones is 1. The van der Waals surface area contributed by atoms with Gasteiger partial charge in [-0.05, 0) is 42.6 Å². The van der Waals surface area contributed by atoms with Gasteiger partial charge in [-0.2, -0.15) is 10.2 Å². The number of carbonyl (C=O) groups excluding carboxylic acids is 1. The number of nitrogen functional groups attached to an aromatic ring is 2. The van der Waals surface area contributed by atoms with Crippen LogP contribution in [0.3, 0.4) is 0 Å². The Bertz CT molecular complexity index is 2810. The van der Waals surface area contributed by atoms with E-state index in [0.717, 1.165) is 33.4 Å². The maximum absolute atomic E-state index is 12.4. The third-order valence-electron chi connectivity index (χ3n) is 9.14. The zero-order chi connectivity index (χ0) is 40.2. The highest BCUT2D eigenvalue weighted by atomic mass is 16.3. The molecular formula is C38H41N15O4. The fourth-order valence-electron chi connectivity index (χ4n) is 6.35. The van der Waals surface area contributed by atoms with Crippen LogP contribution in [0, 0.1) is 13.8 Å². The number of aromatic nitrogens is 12. The predicted octanol–water partition coefficient (Wildman–Crippen LogP) is 1.75. The van der Waals surface area contributed by atoms with Gasteiger partial charge in [-0.1, -0.05) is 48.5 Å². The number of carbonyl (C=O) groups is 1. The Hall–Kier alpha value is -7.25. The SMILES string of the molecule is Cc1nc(N)c2[nH]c(=O)n(Cc3ccc(-c4cnn(CC(=O)CCN)c4)cc3)c2n1.Cc1nc(N)c2[nH]c(=O)n(Cc3ccc(-c4cnn(CCO)c4)cc3)c2n1. The molecule has 57 heavy (non-hydrogen) atoms. The number of aryl methyl sites for hydroxylation is 2. The molecule has 8 rings (SSSR count). The number of H-pyrrole nitrogens is 2. The van der Waals surface area contributed by atoms with E-state index in [0.29, 0.717) is 66.6 Å². The number of rotatable bonds is 12. The third kappa shape index (κ3) is 8.38. The molecule has 0 aliphatic heterocycles. The highest BCUT2D eigenvalue weighted by Gasteiger charge is 2.15. The Labute approximate surface area is 323 Å². The van der Waals surface area contributed by atoms with Gasteiger partial charge in [0.25, 0.3) is 0 Å². The molecule has 0 aliphatic carbocycles. The van der Waals surface area contributed by atoms with Gasteiger partial charge in [-0.15, -0.1) is 0 Å². The summed E-state index contributed by atoms with van der Waals surface area (Å²) >= 11 is 0. The normalized spacial score (nSPS) is 11.3. The molecule has 2 aromatic carbocycles. The number of aliphatic hydroxyl groups excluding tert-OH is 1. The number of anilines is 2. The van der Waals surface area contributed by atoms with Gasteiger partial charge in [-0.3, -0.25) is 23.3 Å². The predicted molar refractivity (Wildman–Crippen MR) is 214 cm³/mol. The number of aromatic amines is 2. The number of nitrogens with zero attached hydrogens (tertiary/aromatic N) is 10. The fraction of sp³-hybridized carbons (Fsp3) is 0.237. The summed E-state index contributed by atoms with van der Waals surface area (Å²) in [6.45, 7) is 5.26. The van der Waals surface area contributed by atoms with Crippen molar-refractivity contribution in [1.29, 1.82) is 0 Å². The first kappa shape index (κ1) is 38.0. The maximum atomic E-state index is 12.4. The van der Waals surface area contributed by atoms with E-state index in [4.69, 9.17) is 22.3 Å². The molecule has 9 N–H and O–H groups in total. The van der Waals surface area contributed by atoms with E-state index in [1.54, 1.807) is 40.2 Å². The molecule has 0 saturated carbocycles. The first-order valence-electron chi connectivity index (χ1n) is 18.0. The molecule has 19 heteroatoms. The van der Waals surface area contributed by atoms with Crippen molar-refractivity contribution >= 4 is 39.7 Å². The number of fused-ring (bicyclic) bond motifs is 2. The number of nitrogens with one attached hydrogen (secondary N) is 2. The molecule has 0 radical (unpaired) electrons. The lowest BCUT2D eigenvalue weighted by Gasteiger charge is -2.05. The van der Waals surface area contributed by atoms with Crippen molar-refractivity contribution < 1.29 is 9.90 Å². The first-order valence-corrected chi connectivity index (χ1v) is 18.0. The van der Waals surface area contributed by atoms with Crippen LogP contribution in [-0.4, -0.2) is 82.6 Å². The number of benzene rings is 2.